The summed E-state index contributed by atoms with van der Waals surface area (Å²) >= 11 is 0. The third kappa shape index (κ3) is 52.9. The molecule has 0 aromatic rings. The van der Waals surface area contributed by atoms with Gasteiger partial charge in [-0.05, 0) is 122 Å². The van der Waals surface area contributed by atoms with Crippen molar-refractivity contribution < 1.29 is 23.8 Å². The summed E-state index contributed by atoms with van der Waals surface area (Å²) in [5.41, 5.74) is 0. The smallest absolute Gasteiger partial charge is 0.306 e. The van der Waals surface area contributed by atoms with Crippen LogP contribution in [0.5, 0.6) is 0 Å². The Morgan fingerprint density at radius 3 is 1.09 bits per heavy atom. The van der Waals surface area contributed by atoms with Crippen LogP contribution in [0.1, 0.15) is 226 Å². The maximum atomic E-state index is 12.8. The standard InChI is InChI=1S/C61H100O5/c1-4-7-10-13-16-19-22-25-27-29-31-32-34-37-39-42-45-48-51-54-60(62)65-58-59(66-61(63)55-52-49-46-43-40-36-24-21-18-15-12-9-6-3)57-64-56-53-50-47-44-41-38-35-33-30-28-26-23-20-17-14-11-8-5-2/h7-8,10-12,15-17,19-21,24-28,31-33,35,59H,4-6,9,13-14,18,22-23,29-30,34,36-58H2,1-3H3/b10-7-,11-8-,15-12-,19-16-,20-17-,24-21-,27-25-,28-26-,32-31-,35-33-. The molecule has 374 valence electrons. The Kier molecular flexibility index (Phi) is 52.5. The number of esters is 2. The molecule has 0 aliphatic carbocycles. The van der Waals surface area contributed by atoms with E-state index >= 15 is 0 Å². The minimum absolute atomic E-state index is 0.0566. The molecule has 0 saturated heterocycles. The van der Waals surface area contributed by atoms with Crippen LogP contribution < -0.4 is 0 Å². The van der Waals surface area contributed by atoms with Gasteiger partial charge in [0.25, 0.3) is 0 Å². The number of unbranched alkanes of at least 4 members (excludes halogenated alkanes) is 17. The molecule has 1 atom stereocenters. The van der Waals surface area contributed by atoms with E-state index in [9.17, 15) is 9.59 Å². The van der Waals surface area contributed by atoms with E-state index in [4.69, 9.17) is 14.2 Å². The number of hydrogen-bond donors (Lipinski definition) is 0. The Morgan fingerprint density at radius 1 is 0.348 bits per heavy atom. The lowest BCUT2D eigenvalue weighted by Crippen LogP contribution is -2.30. The minimum atomic E-state index is -0.568. The van der Waals surface area contributed by atoms with Crippen molar-refractivity contribution in [1.29, 1.82) is 0 Å². The average Bonchev–Trinajstić information content (AvgIpc) is 3.32. The van der Waals surface area contributed by atoms with Crippen LogP contribution in [0.4, 0.5) is 0 Å². The van der Waals surface area contributed by atoms with Crippen molar-refractivity contribution in [3.8, 4) is 0 Å². The van der Waals surface area contributed by atoms with Gasteiger partial charge < -0.3 is 14.2 Å². The molecule has 66 heavy (non-hydrogen) atoms. The molecule has 5 heteroatoms. The fourth-order valence-corrected chi connectivity index (χ4v) is 7.00. The van der Waals surface area contributed by atoms with Crippen LogP contribution >= 0.6 is 0 Å². The van der Waals surface area contributed by atoms with Gasteiger partial charge in [-0.3, -0.25) is 9.59 Å². The van der Waals surface area contributed by atoms with E-state index in [1.807, 2.05) is 0 Å². The Hall–Kier alpha value is -3.70. The van der Waals surface area contributed by atoms with Gasteiger partial charge >= 0.3 is 11.9 Å². The predicted octanol–water partition coefficient (Wildman–Crippen LogP) is 18.6. The Bertz CT molecular complexity index is 1350. The van der Waals surface area contributed by atoms with Crippen LogP contribution in [0.2, 0.25) is 0 Å². The molecular weight excluding hydrogens is 813 g/mol. The van der Waals surface area contributed by atoms with Gasteiger partial charge in [0.15, 0.2) is 6.10 Å². The third-order valence-corrected chi connectivity index (χ3v) is 10.9. The minimum Gasteiger partial charge on any atom is -0.462 e. The summed E-state index contributed by atoms with van der Waals surface area (Å²) in [5, 5.41) is 0. The molecule has 0 fully saturated rings. The van der Waals surface area contributed by atoms with Crippen LogP contribution in [0.15, 0.2) is 122 Å². The molecule has 0 radical (unpaired) electrons. The second kappa shape index (κ2) is 55.6. The molecule has 0 aromatic heterocycles. The molecule has 0 bridgehead atoms. The van der Waals surface area contributed by atoms with Gasteiger partial charge in [-0.1, -0.05) is 213 Å². The Balaban J connectivity index is 4.36. The summed E-state index contributed by atoms with van der Waals surface area (Å²) in [7, 11) is 0. The zero-order valence-electron chi connectivity index (χ0n) is 42.9. The highest BCUT2D eigenvalue weighted by Crippen LogP contribution is 2.13. The number of carbonyl (C=O) groups excluding carboxylic acids is 2. The van der Waals surface area contributed by atoms with Crippen molar-refractivity contribution >= 4 is 11.9 Å². The maximum absolute atomic E-state index is 12.8. The van der Waals surface area contributed by atoms with Gasteiger partial charge in [0, 0.05) is 19.4 Å². The van der Waals surface area contributed by atoms with E-state index in [1.165, 1.54) is 57.8 Å². The van der Waals surface area contributed by atoms with E-state index in [0.29, 0.717) is 19.4 Å². The van der Waals surface area contributed by atoms with Gasteiger partial charge in [-0.15, -0.1) is 0 Å². The van der Waals surface area contributed by atoms with E-state index in [1.54, 1.807) is 0 Å². The number of ether oxygens (including phenoxy) is 3. The second-order valence-corrected chi connectivity index (χ2v) is 17.4. The predicted molar refractivity (Wildman–Crippen MR) is 288 cm³/mol. The summed E-state index contributed by atoms with van der Waals surface area (Å²) in [6.45, 7) is 7.46. The summed E-state index contributed by atoms with van der Waals surface area (Å²) in [5.74, 6) is -0.447. The van der Waals surface area contributed by atoms with Gasteiger partial charge in [0.1, 0.15) is 6.61 Å². The SMILES string of the molecule is CC/C=C\C/C=C\C/C=C\C/C=C\CCCCCCCCC(=O)OCC(COCCCCCCC/C=C\C/C=C\C/C=C\C/C=C\CC)OC(=O)CCCCCCC/C=C\C/C=C\CCC. The van der Waals surface area contributed by atoms with Gasteiger partial charge in [-0.25, -0.2) is 0 Å². The molecule has 1 unspecified atom stereocenters. The molecular formula is C61H100O5. The van der Waals surface area contributed by atoms with Crippen molar-refractivity contribution in [3.63, 3.8) is 0 Å². The average molecular weight is 913 g/mol. The fourth-order valence-electron chi connectivity index (χ4n) is 7.00. The van der Waals surface area contributed by atoms with Crippen molar-refractivity contribution in [1.82, 2.24) is 0 Å². The Labute approximate surface area is 407 Å². The van der Waals surface area contributed by atoms with E-state index < -0.39 is 6.10 Å². The van der Waals surface area contributed by atoms with E-state index in [2.05, 4.69) is 142 Å². The van der Waals surface area contributed by atoms with Crippen LogP contribution in [0, 0.1) is 0 Å². The number of allylic oxidation sites excluding steroid dienone is 20. The first kappa shape index (κ1) is 62.3. The second-order valence-electron chi connectivity index (χ2n) is 17.4. The van der Waals surface area contributed by atoms with Crippen molar-refractivity contribution in [2.24, 2.45) is 0 Å². The van der Waals surface area contributed by atoms with Crippen LogP contribution in [0.3, 0.4) is 0 Å². The van der Waals surface area contributed by atoms with Gasteiger partial charge in [0.05, 0.1) is 6.61 Å². The molecule has 5 nitrogen and oxygen atoms in total. The zero-order chi connectivity index (χ0) is 47.7. The maximum Gasteiger partial charge on any atom is 0.306 e. The lowest BCUT2D eigenvalue weighted by atomic mass is 10.1. The lowest BCUT2D eigenvalue weighted by molar-refractivity contribution is -0.163. The number of hydrogen-bond acceptors (Lipinski definition) is 5. The first-order valence-corrected chi connectivity index (χ1v) is 27.1. The first-order chi connectivity index (χ1) is 32.6. The van der Waals surface area contributed by atoms with Crippen LogP contribution in [0.25, 0.3) is 0 Å². The molecule has 0 heterocycles. The highest BCUT2D eigenvalue weighted by atomic mass is 16.6. The van der Waals surface area contributed by atoms with Gasteiger partial charge in [0.2, 0.25) is 0 Å². The number of rotatable bonds is 48. The molecule has 0 N–H and O–H groups in total. The van der Waals surface area contributed by atoms with E-state index in [-0.39, 0.29) is 25.2 Å². The Morgan fingerprint density at radius 2 is 0.682 bits per heavy atom. The monoisotopic (exact) mass is 913 g/mol. The van der Waals surface area contributed by atoms with E-state index in [0.717, 1.165) is 135 Å². The van der Waals surface area contributed by atoms with Gasteiger partial charge in [-0.2, -0.15) is 0 Å². The summed E-state index contributed by atoms with van der Waals surface area (Å²) in [4.78, 5) is 25.5. The molecule has 0 amide bonds. The highest BCUT2D eigenvalue weighted by molar-refractivity contribution is 5.70. The zero-order valence-corrected chi connectivity index (χ0v) is 42.9. The molecule has 0 aliphatic rings. The van der Waals surface area contributed by atoms with Crippen molar-refractivity contribution in [2.75, 3.05) is 19.8 Å². The molecule has 0 rings (SSSR count). The molecule has 0 saturated carbocycles. The summed E-state index contributed by atoms with van der Waals surface area (Å²) in [6.07, 6.45) is 77.8. The molecule has 0 spiro atoms. The summed E-state index contributed by atoms with van der Waals surface area (Å²) in [6, 6.07) is 0. The van der Waals surface area contributed by atoms with Crippen LogP contribution in [-0.2, 0) is 23.8 Å². The quantitative estimate of drug-likeness (QED) is 0.0346. The lowest BCUT2D eigenvalue weighted by Gasteiger charge is -2.18. The fraction of sp³-hybridized carbons (Fsp3) is 0.639. The van der Waals surface area contributed by atoms with Crippen LogP contribution in [-0.4, -0.2) is 37.9 Å². The normalized spacial score (nSPS) is 13.2. The first-order valence-electron chi connectivity index (χ1n) is 27.1. The topological polar surface area (TPSA) is 61.8 Å². The number of carbonyl (C=O) groups is 2. The third-order valence-electron chi connectivity index (χ3n) is 10.9. The summed E-state index contributed by atoms with van der Waals surface area (Å²) < 4.78 is 17.4. The molecule has 0 aromatic carbocycles. The molecule has 0 aliphatic heterocycles. The largest absolute Gasteiger partial charge is 0.462 e. The van der Waals surface area contributed by atoms with Crippen molar-refractivity contribution in [3.05, 3.63) is 122 Å². The highest BCUT2D eigenvalue weighted by Gasteiger charge is 2.17. The van der Waals surface area contributed by atoms with Crippen molar-refractivity contribution in [2.45, 2.75) is 232 Å².